The van der Waals surface area contributed by atoms with Crippen molar-refractivity contribution >= 4 is 5.91 Å². The van der Waals surface area contributed by atoms with Gasteiger partial charge in [0.25, 0.3) is 0 Å². The van der Waals surface area contributed by atoms with Crippen LogP contribution >= 0.6 is 0 Å². The van der Waals surface area contributed by atoms with Crippen molar-refractivity contribution in [3.05, 3.63) is 12.8 Å². The molecule has 13 heavy (non-hydrogen) atoms. The molecule has 1 aliphatic rings. The van der Waals surface area contributed by atoms with Crippen molar-refractivity contribution in [2.75, 3.05) is 6.54 Å². The number of nitrogens with zero attached hydrogens (tertiary/aromatic N) is 1. The van der Waals surface area contributed by atoms with Crippen LogP contribution in [0.1, 0.15) is 39.5 Å². The fourth-order valence-electron chi connectivity index (χ4n) is 2.18. The van der Waals surface area contributed by atoms with E-state index < -0.39 is 0 Å². The molecule has 0 aromatic rings. The Morgan fingerprint density at radius 2 is 2.15 bits per heavy atom. The number of carbonyl (C=O) groups excluding carboxylic acids is 1. The molecule has 74 valence electrons. The molecule has 0 saturated carbocycles. The van der Waals surface area contributed by atoms with Gasteiger partial charge in [-0.1, -0.05) is 20.4 Å². The second-order valence-electron chi connectivity index (χ2n) is 3.77. The number of amides is 1. The highest BCUT2D eigenvalue weighted by Crippen LogP contribution is 2.37. The summed E-state index contributed by atoms with van der Waals surface area (Å²) in [5, 5.41) is 0. The first-order chi connectivity index (χ1) is 6.20. The molecule has 0 N–H and O–H groups in total. The quantitative estimate of drug-likeness (QED) is 0.655. The molecule has 0 atom stereocenters. The van der Waals surface area contributed by atoms with Crippen molar-refractivity contribution < 1.29 is 4.79 Å². The van der Waals surface area contributed by atoms with Crippen LogP contribution in [0.3, 0.4) is 0 Å². The summed E-state index contributed by atoms with van der Waals surface area (Å²) in [6, 6.07) is 0. The topological polar surface area (TPSA) is 20.3 Å². The van der Waals surface area contributed by atoms with E-state index in [4.69, 9.17) is 0 Å². The lowest BCUT2D eigenvalue weighted by Crippen LogP contribution is -2.45. The normalized spacial score (nSPS) is 21.7. The van der Waals surface area contributed by atoms with Crippen LogP contribution in [0.15, 0.2) is 12.8 Å². The Kier molecular flexibility index (Phi) is 3.12. The van der Waals surface area contributed by atoms with Crippen LogP contribution < -0.4 is 0 Å². The third-order valence-electron chi connectivity index (χ3n) is 3.34. The minimum atomic E-state index is -0.0908. The molecule has 1 amide bonds. The first-order valence-corrected chi connectivity index (χ1v) is 5.14. The highest BCUT2D eigenvalue weighted by Gasteiger charge is 2.39. The molecule has 0 aromatic carbocycles. The molecular formula is C11H19NO. The lowest BCUT2D eigenvalue weighted by Gasteiger charge is -2.39. The maximum absolute atomic E-state index is 12.0. The van der Waals surface area contributed by atoms with Gasteiger partial charge in [0.15, 0.2) is 0 Å². The molecule has 2 nitrogen and oxygen atoms in total. The number of hydrogen-bond acceptors (Lipinski definition) is 1. The lowest BCUT2D eigenvalue weighted by molar-refractivity contribution is -0.143. The highest BCUT2D eigenvalue weighted by atomic mass is 16.2. The van der Waals surface area contributed by atoms with Crippen molar-refractivity contribution in [2.24, 2.45) is 5.41 Å². The molecule has 0 radical (unpaired) electrons. The van der Waals surface area contributed by atoms with Gasteiger partial charge in [-0.2, -0.15) is 0 Å². The number of carbonyl (C=O) groups is 1. The van der Waals surface area contributed by atoms with Crippen LogP contribution in [-0.2, 0) is 4.79 Å². The SMILES string of the molecule is C=CN1CCCC(CC)(CC)C1=O. The van der Waals surface area contributed by atoms with Crippen LogP contribution in [0.2, 0.25) is 0 Å². The predicted molar refractivity (Wildman–Crippen MR) is 54.2 cm³/mol. The number of hydrogen-bond donors (Lipinski definition) is 0. The summed E-state index contributed by atoms with van der Waals surface area (Å²) in [7, 11) is 0. The van der Waals surface area contributed by atoms with Gasteiger partial charge in [-0.05, 0) is 31.9 Å². The van der Waals surface area contributed by atoms with Crippen molar-refractivity contribution in [3.63, 3.8) is 0 Å². The minimum absolute atomic E-state index is 0.0908. The van der Waals surface area contributed by atoms with Gasteiger partial charge in [-0.3, -0.25) is 4.79 Å². The monoisotopic (exact) mass is 181 g/mol. The van der Waals surface area contributed by atoms with Crippen LogP contribution in [0.25, 0.3) is 0 Å². The van der Waals surface area contributed by atoms with E-state index in [1.54, 1.807) is 11.1 Å². The molecule has 0 spiro atoms. The van der Waals surface area contributed by atoms with E-state index in [1.165, 1.54) is 0 Å². The average molecular weight is 181 g/mol. The smallest absolute Gasteiger partial charge is 0.232 e. The Morgan fingerprint density at radius 1 is 1.54 bits per heavy atom. The van der Waals surface area contributed by atoms with Gasteiger partial charge in [-0.25, -0.2) is 0 Å². The maximum Gasteiger partial charge on any atom is 0.232 e. The van der Waals surface area contributed by atoms with Crippen LogP contribution in [0.4, 0.5) is 0 Å². The fourth-order valence-corrected chi connectivity index (χ4v) is 2.18. The van der Waals surface area contributed by atoms with E-state index in [2.05, 4.69) is 20.4 Å². The fraction of sp³-hybridized carbons (Fsp3) is 0.727. The molecule has 0 aliphatic carbocycles. The predicted octanol–water partition coefficient (Wildman–Crippen LogP) is 2.56. The second-order valence-corrected chi connectivity index (χ2v) is 3.77. The van der Waals surface area contributed by atoms with Crippen LogP contribution in [0, 0.1) is 5.41 Å². The molecule has 1 saturated heterocycles. The summed E-state index contributed by atoms with van der Waals surface area (Å²) >= 11 is 0. The Morgan fingerprint density at radius 3 is 2.62 bits per heavy atom. The largest absolute Gasteiger partial charge is 0.319 e. The van der Waals surface area contributed by atoms with Crippen molar-refractivity contribution in [2.45, 2.75) is 39.5 Å². The molecule has 1 rings (SSSR count). The van der Waals surface area contributed by atoms with Gasteiger partial charge in [-0.15, -0.1) is 0 Å². The zero-order chi connectivity index (χ0) is 9.90. The summed E-state index contributed by atoms with van der Waals surface area (Å²) in [6.45, 7) is 8.74. The molecule has 0 unspecified atom stereocenters. The van der Waals surface area contributed by atoms with E-state index in [-0.39, 0.29) is 11.3 Å². The van der Waals surface area contributed by atoms with E-state index in [0.29, 0.717) is 0 Å². The van der Waals surface area contributed by atoms with Gasteiger partial charge in [0.05, 0.1) is 0 Å². The summed E-state index contributed by atoms with van der Waals surface area (Å²) in [6.07, 6.45) is 5.73. The molecule has 0 aromatic heterocycles. The molecule has 1 aliphatic heterocycles. The molecule has 2 heteroatoms. The van der Waals surface area contributed by atoms with E-state index in [9.17, 15) is 4.79 Å². The number of rotatable bonds is 3. The Hall–Kier alpha value is -0.790. The van der Waals surface area contributed by atoms with Gasteiger partial charge in [0.2, 0.25) is 5.91 Å². The van der Waals surface area contributed by atoms with Crippen molar-refractivity contribution in [1.29, 1.82) is 0 Å². The lowest BCUT2D eigenvalue weighted by atomic mass is 9.75. The van der Waals surface area contributed by atoms with Gasteiger partial charge < -0.3 is 4.90 Å². The molecule has 1 fully saturated rings. The molecule has 0 bridgehead atoms. The molecule has 1 heterocycles. The summed E-state index contributed by atoms with van der Waals surface area (Å²) in [4.78, 5) is 13.8. The van der Waals surface area contributed by atoms with E-state index in [1.807, 2.05) is 0 Å². The first kappa shape index (κ1) is 10.3. The third-order valence-corrected chi connectivity index (χ3v) is 3.34. The zero-order valence-electron chi connectivity index (χ0n) is 8.68. The van der Waals surface area contributed by atoms with Gasteiger partial charge in [0.1, 0.15) is 0 Å². The summed E-state index contributed by atoms with van der Waals surface area (Å²) < 4.78 is 0. The Labute approximate surface area is 80.6 Å². The Balaban J connectivity index is 2.85. The van der Waals surface area contributed by atoms with Crippen molar-refractivity contribution in [3.8, 4) is 0 Å². The zero-order valence-corrected chi connectivity index (χ0v) is 8.68. The minimum Gasteiger partial charge on any atom is -0.319 e. The first-order valence-electron chi connectivity index (χ1n) is 5.14. The van der Waals surface area contributed by atoms with E-state index >= 15 is 0 Å². The third kappa shape index (κ3) is 1.62. The van der Waals surface area contributed by atoms with Crippen LogP contribution in [0.5, 0.6) is 0 Å². The van der Waals surface area contributed by atoms with E-state index in [0.717, 1.165) is 32.2 Å². The Bertz CT molecular complexity index is 206. The highest BCUT2D eigenvalue weighted by molar-refractivity contribution is 5.84. The summed E-state index contributed by atoms with van der Waals surface area (Å²) in [5.74, 6) is 0.277. The molecular weight excluding hydrogens is 162 g/mol. The average Bonchev–Trinajstić information content (AvgIpc) is 2.19. The van der Waals surface area contributed by atoms with Crippen molar-refractivity contribution in [1.82, 2.24) is 4.90 Å². The number of piperidine rings is 1. The van der Waals surface area contributed by atoms with Gasteiger partial charge in [0, 0.05) is 12.0 Å². The summed E-state index contributed by atoms with van der Waals surface area (Å²) in [5.41, 5.74) is -0.0908. The van der Waals surface area contributed by atoms with Crippen LogP contribution in [-0.4, -0.2) is 17.4 Å². The number of likely N-dealkylation sites (tertiary alicyclic amines) is 1. The van der Waals surface area contributed by atoms with Gasteiger partial charge >= 0.3 is 0 Å². The standard InChI is InChI=1S/C11H19NO/c1-4-11(5-2)8-7-9-12(6-3)10(11)13/h6H,3-5,7-9H2,1-2H3. The maximum atomic E-state index is 12.0. The second kappa shape index (κ2) is 3.95.